The van der Waals surface area contributed by atoms with E-state index in [9.17, 15) is 34.5 Å². The monoisotopic (exact) mass is 552 g/mol. The SMILES string of the molecule is NC(Cc1ccccc1)C(=O)NC(Cc1cnc[nH]1)C(=O)NC(CO)C(=O)NC(Cc1ccc(O)cc1)C(=O)O. The van der Waals surface area contributed by atoms with Gasteiger partial charge in [-0.15, -0.1) is 0 Å². The maximum Gasteiger partial charge on any atom is 0.326 e. The molecular formula is C27H32N6O7. The molecule has 13 heteroatoms. The van der Waals surface area contributed by atoms with E-state index in [-0.39, 0.29) is 25.0 Å². The van der Waals surface area contributed by atoms with Crippen LogP contribution in [-0.4, -0.2) is 79.8 Å². The molecule has 0 aliphatic rings. The number of carboxylic acid groups (broad SMARTS) is 1. The molecule has 2 aromatic carbocycles. The highest BCUT2D eigenvalue weighted by Crippen LogP contribution is 2.12. The largest absolute Gasteiger partial charge is 0.508 e. The quantitative estimate of drug-likeness (QED) is 0.123. The van der Waals surface area contributed by atoms with E-state index in [2.05, 4.69) is 25.9 Å². The minimum atomic E-state index is -1.51. The summed E-state index contributed by atoms with van der Waals surface area (Å²) in [7, 11) is 0. The van der Waals surface area contributed by atoms with Crippen LogP contribution in [0.1, 0.15) is 16.8 Å². The van der Waals surface area contributed by atoms with Crippen molar-refractivity contribution in [2.24, 2.45) is 5.73 Å². The summed E-state index contributed by atoms with van der Waals surface area (Å²) in [6.07, 6.45) is 2.97. The molecule has 3 aromatic rings. The van der Waals surface area contributed by atoms with Crippen molar-refractivity contribution in [1.29, 1.82) is 0 Å². The Morgan fingerprint density at radius 2 is 1.40 bits per heavy atom. The van der Waals surface area contributed by atoms with Gasteiger partial charge in [0.05, 0.1) is 19.0 Å². The molecule has 0 fully saturated rings. The van der Waals surface area contributed by atoms with Gasteiger partial charge in [-0.2, -0.15) is 0 Å². The highest BCUT2D eigenvalue weighted by atomic mass is 16.4. The van der Waals surface area contributed by atoms with Crippen LogP contribution in [0.2, 0.25) is 0 Å². The number of carbonyl (C=O) groups excluding carboxylic acids is 3. The molecule has 3 amide bonds. The van der Waals surface area contributed by atoms with E-state index < -0.39 is 54.5 Å². The summed E-state index contributed by atoms with van der Waals surface area (Å²) < 4.78 is 0. The molecule has 0 saturated carbocycles. The molecule has 0 radical (unpaired) electrons. The van der Waals surface area contributed by atoms with Crippen molar-refractivity contribution in [2.75, 3.05) is 6.61 Å². The van der Waals surface area contributed by atoms with Crippen LogP contribution >= 0.6 is 0 Å². The third-order valence-electron chi connectivity index (χ3n) is 6.05. The number of nitrogens with one attached hydrogen (secondary N) is 4. The first kappa shape index (κ1) is 29.8. The Balaban J connectivity index is 1.67. The van der Waals surface area contributed by atoms with Gasteiger partial charge in [-0.3, -0.25) is 14.4 Å². The summed E-state index contributed by atoms with van der Waals surface area (Å²) in [6.45, 7) is -0.832. The zero-order valence-electron chi connectivity index (χ0n) is 21.5. The van der Waals surface area contributed by atoms with Gasteiger partial charge in [-0.25, -0.2) is 9.78 Å². The predicted molar refractivity (Wildman–Crippen MR) is 143 cm³/mol. The molecule has 40 heavy (non-hydrogen) atoms. The summed E-state index contributed by atoms with van der Waals surface area (Å²) in [4.78, 5) is 57.3. The Morgan fingerprint density at radius 3 is 2.00 bits per heavy atom. The van der Waals surface area contributed by atoms with Crippen LogP contribution in [0.3, 0.4) is 0 Å². The van der Waals surface area contributed by atoms with Crippen molar-refractivity contribution < 1.29 is 34.5 Å². The van der Waals surface area contributed by atoms with E-state index in [0.29, 0.717) is 11.3 Å². The number of amides is 3. The lowest BCUT2D eigenvalue weighted by Gasteiger charge is -2.24. The smallest absolute Gasteiger partial charge is 0.326 e. The number of aliphatic carboxylic acids is 1. The normalized spacial score (nSPS) is 13.8. The molecule has 13 nitrogen and oxygen atoms in total. The van der Waals surface area contributed by atoms with E-state index in [1.165, 1.54) is 36.8 Å². The number of aliphatic hydroxyl groups excluding tert-OH is 1. The highest BCUT2D eigenvalue weighted by molar-refractivity contribution is 5.94. The Bertz CT molecular complexity index is 1270. The van der Waals surface area contributed by atoms with E-state index in [0.717, 1.165) is 5.56 Å². The van der Waals surface area contributed by atoms with Crippen LogP contribution in [0.4, 0.5) is 0 Å². The first-order chi connectivity index (χ1) is 19.2. The summed E-state index contributed by atoms with van der Waals surface area (Å²) in [5, 5.41) is 36.1. The molecule has 4 atom stereocenters. The Kier molecular flexibility index (Phi) is 10.7. The second kappa shape index (κ2) is 14.4. The number of nitrogens with two attached hydrogens (primary N) is 1. The number of phenols is 1. The standard InChI is InChI=1S/C27H32N6O7/c28-20(10-16-4-2-1-3-5-16)24(36)31-21(12-18-13-29-15-30-18)25(37)33-23(14-34)26(38)32-22(27(39)40)11-17-6-8-19(35)9-7-17/h1-9,13,15,20-23,34-35H,10-12,14,28H2,(H,29,30)(H,31,36)(H,32,38)(H,33,37)(H,39,40). The number of aromatic nitrogens is 2. The van der Waals surface area contributed by atoms with Crippen molar-refractivity contribution in [3.8, 4) is 5.75 Å². The van der Waals surface area contributed by atoms with Gasteiger partial charge in [0, 0.05) is 24.7 Å². The third-order valence-corrected chi connectivity index (χ3v) is 6.05. The van der Waals surface area contributed by atoms with Gasteiger partial charge in [0.1, 0.15) is 23.9 Å². The summed E-state index contributed by atoms with van der Waals surface area (Å²) in [6, 6.07) is 9.84. The number of nitrogens with zero attached hydrogens (tertiary/aromatic N) is 1. The molecule has 0 saturated heterocycles. The maximum absolute atomic E-state index is 13.2. The highest BCUT2D eigenvalue weighted by Gasteiger charge is 2.30. The minimum Gasteiger partial charge on any atom is -0.508 e. The van der Waals surface area contributed by atoms with Crippen LogP contribution in [0.25, 0.3) is 0 Å². The average Bonchev–Trinajstić information content (AvgIpc) is 3.45. The zero-order chi connectivity index (χ0) is 29.1. The van der Waals surface area contributed by atoms with E-state index in [1.807, 2.05) is 30.3 Å². The number of benzene rings is 2. The van der Waals surface area contributed by atoms with Crippen molar-refractivity contribution in [1.82, 2.24) is 25.9 Å². The molecule has 0 aliphatic carbocycles. The molecule has 4 unspecified atom stereocenters. The summed E-state index contributed by atoms with van der Waals surface area (Å²) >= 11 is 0. The molecule has 1 heterocycles. The van der Waals surface area contributed by atoms with Crippen molar-refractivity contribution in [2.45, 2.75) is 43.4 Å². The number of H-pyrrole nitrogens is 1. The van der Waals surface area contributed by atoms with Crippen LogP contribution < -0.4 is 21.7 Å². The number of hydrogen-bond acceptors (Lipinski definition) is 8. The van der Waals surface area contributed by atoms with Crippen molar-refractivity contribution in [3.05, 3.63) is 83.9 Å². The summed E-state index contributed by atoms with van der Waals surface area (Å²) in [5.74, 6) is -3.67. The van der Waals surface area contributed by atoms with Gasteiger partial charge >= 0.3 is 5.97 Å². The molecule has 9 N–H and O–H groups in total. The minimum absolute atomic E-state index is 0.000476. The van der Waals surface area contributed by atoms with Crippen LogP contribution in [-0.2, 0) is 38.4 Å². The van der Waals surface area contributed by atoms with Gasteiger partial charge in [-0.1, -0.05) is 42.5 Å². The second-order valence-corrected chi connectivity index (χ2v) is 9.15. The van der Waals surface area contributed by atoms with Crippen molar-refractivity contribution in [3.63, 3.8) is 0 Å². The van der Waals surface area contributed by atoms with Gasteiger partial charge in [-0.05, 0) is 29.7 Å². The zero-order valence-corrected chi connectivity index (χ0v) is 21.5. The lowest BCUT2D eigenvalue weighted by atomic mass is 10.0. The Labute approximate surface area is 229 Å². The lowest BCUT2D eigenvalue weighted by Crippen LogP contribution is -2.58. The topological polar surface area (TPSA) is 220 Å². The molecule has 0 bridgehead atoms. The number of aromatic amines is 1. The van der Waals surface area contributed by atoms with Gasteiger partial charge in [0.2, 0.25) is 17.7 Å². The second-order valence-electron chi connectivity index (χ2n) is 9.15. The number of hydrogen-bond donors (Lipinski definition) is 8. The van der Waals surface area contributed by atoms with E-state index in [4.69, 9.17) is 5.73 Å². The predicted octanol–water partition coefficient (Wildman–Crippen LogP) is -0.998. The van der Waals surface area contributed by atoms with Crippen LogP contribution in [0.15, 0.2) is 67.1 Å². The maximum atomic E-state index is 13.2. The number of carbonyl (C=O) groups is 4. The Morgan fingerprint density at radius 1 is 0.800 bits per heavy atom. The summed E-state index contributed by atoms with van der Waals surface area (Å²) in [5.41, 5.74) is 7.94. The number of imidazole rings is 1. The fourth-order valence-corrected chi connectivity index (χ4v) is 3.87. The Hall–Kier alpha value is -4.75. The molecule has 0 spiro atoms. The molecule has 0 aliphatic heterocycles. The van der Waals surface area contributed by atoms with Crippen molar-refractivity contribution >= 4 is 23.7 Å². The van der Waals surface area contributed by atoms with E-state index in [1.54, 1.807) is 0 Å². The van der Waals surface area contributed by atoms with Crippen LogP contribution in [0.5, 0.6) is 5.75 Å². The molecule has 1 aromatic heterocycles. The van der Waals surface area contributed by atoms with Gasteiger partial charge in [0.15, 0.2) is 0 Å². The number of rotatable bonds is 14. The number of aromatic hydroxyl groups is 1. The molecule has 3 rings (SSSR count). The van der Waals surface area contributed by atoms with E-state index >= 15 is 0 Å². The first-order valence-electron chi connectivity index (χ1n) is 12.5. The fraction of sp³-hybridized carbons (Fsp3) is 0.296. The molecule has 212 valence electrons. The number of carboxylic acids is 1. The fourth-order valence-electron chi connectivity index (χ4n) is 3.87. The first-order valence-corrected chi connectivity index (χ1v) is 12.5. The number of aliphatic hydroxyl groups is 1. The third kappa shape index (κ3) is 8.92. The van der Waals surface area contributed by atoms with Crippen LogP contribution in [0, 0.1) is 0 Å². The number of phenolic OH excluding ortho intramolecular Hbond substituents is 1. The van der Waals surface area contributed by atoms with Gasteiger partial charge in [0.25, 0.3) is 0 Å². The van der Waals surface area contributed by atoms with Gasteiger partial charge < -0.3 is 42.0 Å². The molecular weight excluding hydrogens is 520 g/mol. The lowest BCUT2D eigenvalue weighted by molar-refractivity contribution is -0.142. The average molecular weight is 553 g/mol.